The molecule has 6 heteroatoms. The van der Waals surface area contributed by atoms with E-state index in [-0.39, 0.29) is 5.56 Å². The van der Waals surface area contributed by atoms with Gasteiger partial charge in [-0.15, -0.1) is 0 Å². The van der Waals surface area contributed by atoms with Crippen molar-refractivity contribution >= 4 is 45.0 Å². The van der Waals surface area contributed by atoms with Gasteiger partial charge in [-0.2, -0.15) is 0 Å². The molecule has 2 aromatic carbocycles. The van der Waals surface area contributed by atoms with Gasteiger partial charge in [0.2, 0.25) is 0 Å². The van der Waals surface area contributed by atoms with E-state index in [4.69, 9.17) is 16.0 Å². The number of imidazole rings is 1. The summed E-state index contributed by atoms with van der Waals surface area (Å²) >= 11 is 7.42. The highest BCUT2D eigenvalue weighted by atomic mass is 35.5. The van der Waals surface area contributed by atoms with Crippen molar-refractivity contribution in [1.82, 2.24) is 9.38 Å². The highest BCUT2D eigenvalue weighted by Crippen LogP contribution is 2.25. The van der Waals surface area contributed by atoms with E-state index in [0.717, 1.165) is 22.2 Å². The lowest BCUT2D eigenvalue weighted by atomic mass is 10.1. The molecule has 4 nitrogen and oxygen atoms in total. The molecule has 0 saturated carbocycles. The molecule has 28 heavy (non-hydrogen) atoms. The van der Waals surface area contributed by atoms with Crippen molar-refractivity contribution in [2.45, 2.75) is 13.8 Å². The summed E-state index contributed by atoms with van der Waals surface area (Å²) in [6.45, 7) is 4.09. The van der Waals surface area contributed by atoms with Gasteiger partial charge < -0.3 is 4.42 Å². The third-order valence-electron chi connectivity index (χ3n) is 4.86. The predicted octanol–water partition coefficient (Wildman–Crippen LogP) is 4.99. The first-order valence-electron chi connectivity index (χ1n) is 8.79. The summed E-state index contributed by atoms with van der Waals surface area (Å²) in [6.07, 6.45) is 1.77. The Morgan fingerprint density at radius 3 is 2.75 bits per heavy atom. The van der Waals surface area contributed by atoms with Crippen LogP contribution in [0.1, 0.15) is 16.9 Å². The average molecular weight is 407 g/mol. The van der Waals surface area contributed by atoms with Crippen LogP contribution in [0.5, 0.6) is 0 Å². The van der Waals surface area contributed by atoms with Crippen LogP contribution in [0, 0.1) is 13.8 Å². The summed E-state index contributed by atoms with van der Waals surface area (Å²) in [5, 5.41) is 0.651. The number of nitrogens with zero attached hydrogens (tertiary/aromatic N) is 2. The maximum atomic E-state index is 13.0. The summed E-state index contributed by atoms with van der Waals surface area (Å²) in [5.74, 6) is 1.33. The number of fused-ring (bicyclic) bond motifs is 3. The van der Waals surface area contributed by atoms with Gasteiger partial charge in [0.05, 0.1) is 11.0 Å². The van der Waals surface area contributed by atoms with E-state index in [0.29, 0.717) is 26.0 Å². The van der Waals surface area contributed by atoms with Crippen LogP contribution in [-0.4, -0.2) is 9.38 Å². The van der Waals surface area contributed by atoms with Crippen LogP contribution in [0.3, 0.4) is 0 Å². The molecule has 0 aliphatic heterocycles. The molecule has 0 amide bonds. The molecular formula is C22H15ClN2O2S. The molecule has 0 atom stereocenters. The lowest BCUT2D eigenvalue weighted by molar-refractivity contribution is 0.571. The van der Waals surface area contributed by atoms with Gasteiger partial charge >= 0.3 is 0 Å². The Labute approximate surface area is 169 Å². The zero-order valence-electron chi connectivity index (χ0n) is 15.2. The topological polar surface area (TPSA) is 47.5 Å². The minimum Gasteiger partial charge on any atom is -0.457 e. The second-order valence-electron chi connectivity index (χ2n) is 6.78. The highest BCUT2D eigenvalue weighted by molar-refractivity contribution is 7.15. The zero-order valence-corrected chi connectivity index (χ0v) is 16.8. The Morgan fingerprint density at radius 1 is 1.11 bits per heavy atom. The van der Waals surface area contributed by atoms with E-state index in [9.17, 15) is 4.79 Å². The second-order valence-corrected chi connectivity index (χ2v) is 8.23. The maximum absolute atomic E-state index is 13.0. The Hall–Kier alpha value is -2.89. The molecule has 138 valence electrons. The quantitative estimate of drug-likeness (QED) is 0.415. The van der Waals surface area contributed by atoms with Crippen LogP contribution in [0.2, 0.25) is 5.02 Å². The number of hydrogen-bond donors (Lipinski definition) is 0. The molecule has 0 spiro atoms. The van der Waals surface area contributed by atoms with Crippen molar-refractivity contribution in [3.05, 3.63) is 85.3 Å². The van der Waals surface area contributed by atoms with Gasteiger partial charge in [0, 0.05) is 16.7 Å². The molecule has 3 aromatic heterocycles. The third-order valence-corrected chi connectivity index (χ3v) is 6.07. The summed E-state index contributed by atoms with van der Waals surface area (Å²) in [5.41, 5.74) is 4.82. The molecule has 0 fully saturated rings. The van der Waals surface area contributed by atoms with Crippen molar-refractivity contribution in [2.24, 2.45) is 0 Å². The highest BCUT2D eigenvalue weighted by Gasteiger charge is 2.13. The Kier molecular flexibility index (Phi) is 3.89. The van der Waals surface area contributed by atoms with E-state index in [1.165, 1.54) is 16.9 Å². The Bertz CT molecular complexity index is 1480. The van der Waals surface area contributed by atoms with Crippen molar-refractivity contribution in [3.63, 3.8) is 0 Å². The van der Waals surface area contributed by atoms with Crippen molar-refractivity contribution in [3.8, 4) is 11.3 Å². The standard InChI is InChI=1S/C22H15ClN2O2S/c1-12-8-17-18(9-13(12)2)25-21(26)20(28-22(25)24-17)11-16-6-7-19(27-16)14-4-3-5-15(23)10-14/h3-11H,1-2H3/b20-11-. The third kappa shape index (κ3) is 2.75. The van der Waals surface area contributed by atoms with Crippen LogP contribution in [0.15, 0.2) is 57.7 Å². The van der Waals surface area contributed by atoms with Gasteiger partial charge in [-0.25, -0.2) is 9.38 Å². The summed E-state index contributed by atoms with van der Waals surface area (Å²) in [7, 11) is 0. The van der Waals surface area contributed by atoms with E-state index in [1.807, 2.05) is 62.4 Å². The fraction of sp³-hybridized carbons (Fsp3) is 0.0909. The number of aryl methyl sites for hydroxylation is 2. The van der Waals surface area contributed by atoms with Crippen molar-refractivity contribution < 1.29 is 4.42 Å². The molecule has 5 aromatic rings. The number of rotatable bonds is 2. The maximum Gasteiger partial charge on any atom is 0.275 e. The van der Waals surface area contributed by atoms with Gasteiger partial charge in [0.15, 0.2) is 4.96 Å². The molecule has 0 aliphatic carbocycles. The summed E-state index contributed by atoms with van der Waals surface area (Å²) in [4.78, 5) is 18.3. The fourth-order valence-corrected chi connectivity index (χ4v) is 4.43. The fourth-order valence-electron chi connectivity index (χ4n) is 3.28. The molecule has 0 bridgehead atoms. The van der Waals surface area contributed by atoms with Gasteiger partial charge in [-0.3, -0.25) is 4.79 Å². The van der Waals surface area contributed by atoms with Crippen LogP contribution in [0.25, 0.3) is 33.4 Å². The summed E-state index contributed by atoms with van der Waals surface area (Å²) < 4.78 is 8.17. The molecule has 5 rings (SSSR count). The van der Waals surface area contributed by atoms with E-state index in [2.05, 4.69) is 4.98 Å². The van der Waals surface area contributed by atoms with Crippen molar-refractivity contribution in [2.75, 3.05) is 0 Å². The lowest BCUT2D eigenvalue weighted by Gasteiger charge is -1.98. The van der Waals surface area contributed by atoms with E-state index < -0.39 is 0 Å². The van der Waals surface area contributed by atoms with E-state index >= 15 is 0 Å². The first-order chi connectivity index (χ1) is 13.5. The minimum atomic E-state index is -0.0774. The van der Waals surface area contributed by atoms with Gasteiger partial charge in [0.25, 0.3) is 5.56 Å². The SMILES string of the molecule is Cc1cc2nc3s/c(=C\c4ccc(-c5cccc(Cl)c5)o4)c(=O)n3c2cc1C. The Balaban J connectivity index is 1.64. The number of halogens is 1. The largest absolute Gasteiger partial charge is 0.457 e. The molecule has 0 unspecified atom stereocenters. The van der Waals surface area contributed by atoms with Crippen LogP contribution >= 0.6 is 22.9 Å². The summed E-state index contributed by atoms with van der Waals surface area (Å²) in [6, 6.07) is 15.2. The zero-order chi connectivity index (χ0) is 19.4. The molecule has 0 N–H and O–H groups in total. The number of furan rings is 1. The minimum absolute atomic E-state index is 0.0774. The smallest absolute Gasteiger partial charge is 0.275 e. The number of thiazole rings is 1. The van der Waals surface area contributed by atoms with Crippen LogP contribution < -0.4 is 10.1 Å². The van der Waals surface area contributed by atoms with Crippen molar-refractivity contribution in [1.29, 1.82) is 0 Å². The average Bonchev–Trinajstić information content (AvgIpc) is 3.33. The van der Waals surface area contributed by atoms with Crippen LogP contribution in [0.4, 0.5) is 0 Å². The molecule has 3 heterocycles. The van der Waals surface area contributed by atoms with E-state index in [1.54, 1.807) is 10.5 Å². The monoisotopic (exact) mass is 406 g/mol. The van der Waals surface area contributed by atoms with Crippen LogP contribution in [-0.2, 0) is 0 Å². The molecule has 0 aliphatic rings. The first kappa shape index (κ1) is 17.2. The second kappa shape index (κ2) is 6.33. The van der Waals surface area contributed by atoms with Gasteiger partial charge in [-0.05, 0) is 61.4 Å². The lowest BCUT2D eigenvalue weighted by Crippen LogP contribution is -2.22. The first-order valence-corrected chi connectivity index (χ1v) is 9.99. The molecular weight excluding hydrogens is 392 g/mol. The molecule has 0 saturated heterocycles. The predicted molar refractivity (Wildman–Crippen MR) is 114 cm³/mol. The molecule has 0 radical (unpaired) electrons. The normalized spacial score (nSPS) is 12.5. The number of benzene rings is 2. The van der Waals surface area contributed by atoms with Gasteiger partial charge in [-0.1, -0.05) is 35.1 Å². The number of hydrogen-bond acceptors (Lipinski definition) is 4. The number of aromatic nitrogens is 2. The van der Waals surface area contributed by atoms with Gasteiger partial charge in [0.1, 0.15) is 16.1 Å². The Morgan fingerprint density at radius 2 is 1.93 bits per heavy atom.